The number of urea groups is 1. The number of hydrogen-bond acceptors (Lipinski definition) is 3. The van der Waals surface area contributed by atoms with Crippen LogP contribution in [0.25, 0.3) is 0 Å². The second-order valence-electron chi connectivity index (χ2n) is 5.89. The molecule has 0 saturated carbocycles. The number of rotatable bonds is 6. The lowest BCUT2D eigenvalue weighted by atomic mass is 10.1. The molecular formula is C21H21N3OS. The van der Waals surface area contributed by atoms with Gasteiger partial charge < -0.3 is 10.6 Å². The molecule has 0 aliphatic rings. The van der Waals surface area contributed by atoms with Crippen molar-refractivity contribution in [2.24, 2.45) is 0 Å². The highest BCUT2D eigenvalue weighted by Crippen LogP contribution is 2.22. The van der Waals surface area contributed by atoms with E-state index in [-0.39, 0.29) is 12.1 Å². The normalized spacial score (nSPS) is 11.6. The average molecular weight is 363 g/mol. The minimum Gasteiger partial charge on any atom is -0.331 e. The molecule has 0 bridgehead atoms. The first-order chi connectivity index (χ1) is 12.7. The number of carbonyl (C=O) groups is 1. The highest BCUT2D eigenvalue weighted by molar-refractivity contribution is 7.98. The molecule has 2 aromatic carbocycles. The van der Waals surface area contributed by atoms with Crippen molar-refractivity contribution in [3.8, 4) is 0 Å². The Balaban J connectivity index is 1.55. The van der Waals surface area contributed by atoms with Crippen molar-refractivity contribution in [1.82, 2.24) is 10.3 Å². The average Bonchev–Trinajstić information content (AvgIpc) is 2.68. The standard InChI is InChI=1S/C21H21N3OS/c1-16(18-9-3-2-4-10-18)23-21(25)24-19-11-7-8-17(14-19)15-26-20-12-5-6-13-22-20/h2-14,16H,15H2,1H3,(H2,23,24,25). The summed E-state index contributed by atoms with van der Waals surface area (Å²) in [5, 5.41) is 6.85. The third kappa shape index (κ3) is 5.36. The quantitative estimate of drug-likeness (QED) is 0.588. The van der Waals surface area contributed by atoms with Gasteiger partial charge in [-0.05, 0) is 42.3 Å². The summed E-state index contributed by atoms with van der Waals surface area (Å²) in [6.07, 6.45) is 1.79. The van der Waals surface area contributed by atoms with E-state index in [0.717, 1.165) is 27.6 Å². The van der Waals surface area contributed by atoms with Crippen LogP contribution in [0.5, 0.6) is 0 Å². The maximum absolute atomic E-state index is 12.2. The lowest BCUT2D eigenvalue weighted by Gasteiger charge is -2.15. The second-order valence-corrected chi connectivity index (χ2v) is 6.88. The molecule has 3 aromatic rings. The number of hydrogen-bond donors (Lipinski definition) is 2. The van der Waals surface area contributed by atoms with E-state index in [9.17, 15) is 4.79 Å². The van der Waals surface area contributed by atoms with Gasteiger partial charge in [0.2, 0.25) is 0 Å². The topological polar surface area (TPSA) is 54.0 Å². The molecule has 0 fully saturated rings. The number of aromatic nitrogens is 1. The number of nitrogens with one attached hydrogen (secondary N) is 2. The Hall–Kier alpha value is -2.79. The number of thioether (sulfide) groups is 1. The SMILES string of the molecule is CC(NC(=O)Nc1cccc(CSc2ccccn2)c1)c1ccccc1. The molecule has 3 rings (SSSR count). The molecule has 4 nitrogen and oxygen atoms in total. The van der Waals surface area contributed by atoms with Crippen molar-refractivity contribution in [2.75, 3.05) is 5.32 Å². The molecule has 0 aliphatic heterocycles. The van der Waals surface area contributed by atoms with Crippen molar-refractivity contribution < 1.29 is 4.79 Å². The summed E-state index contributed by atoms with van der Waals surface area (Å²) in [5.41, 5.74) is 2.99. The summed E-state index contributed by atoms with van der Waals surface area (Å²) in [5.74, 6) is 0.800. The van der Waals surface area contributed by atoms with Gasteiger partial charge in [-0.25, -0.2) is 9.78 Å². The maximum atomic E-state index is 12.2. The number of pyridine rings is 1. The molecule has 1 heterocycles. The van der Waals surface area contributed by atoms with Crippen molar-refractivity contribution in [1.29, 1.82) is 0 Å². The van der Waals surface area contributed by atoms with Gasteiger partial charge >= 0.3 is 6.03 Å². The van der Waals surface area contributed by atoms with Crippen molar-refractivity contribution in [3.05, 3.63) is 90.1 Å². The molecular weight excluding hydrogens is 342 g/mol. The second kappa shape index (κ2) is 9.06. The fourth-order valence-corrected chi connectivity index (χ4v) is 3.32. The zero-order valence-electron chi connectivity index (χ0n) is 14.6. The predicted molar refractivity (Wildman–Crippen MR) is 107 cm³/mol. The maximum Gasteiger partial charge on any atom is 0.319 e. The zero-order chi connectivity index (χ0) is 18.2. The van der Waals surface area contributed by atoms with E-state index in [1.165, 1.54) is 0 Å². The molecule has 132 valence electrons. The van der Waals surface area contributed by atoms with Gasteiger partial charge in [0.1, 0.15) is 0 Å². The van der Waals surface area contributed by atoms with E-state index in [1.54, 1.807) is 18.0 Å². The predicted octanol–water partition coefficient (Wildman–Crippen LogP) is 5.26. The van der Waals surface area contributed by atoms with Crippen molar-refractivity contribution in [2.45, 2.75) is 23.7 Å². The first-order valence-corrected chi connectivity index (χ1v) is 9.44. The van der Waals surface area contributed by atoms with Gasteiger partial charge in [0.05, 0.1) is 11.1 Å². The van der Waals surface area contributed by atoms with Crippen LogP contribution in [-0.4, -0.2) is 11.0 Å². The molecule has 0 radical (unpaired) electrons. The third-order valence-electron chi connectivity index (χ3n) is 3.86. The van der Waals surface area contributed by atoms with E-state index in [4.69, 9.17) is 0 Å². The van der Waals surface area contributed by atoms with E-state index in [2.05, 4.69) is 15.6 Å². The Morgan fingerprint density at radius 2 is 1.85 bits per heavy atom. The van der Waals surface area contributed by atoms with Crippen LogP contribution in [0, 0.1) is 0 Å². The van der Waals surface area contributed by atoms with Gasteiger partial charge in [0.25, 0.3) is 0 Å². The Kier molecular flexibility index (Phi) is 6.28. The molecule has 26 heavy (non-hydrogen) atoms. The minimum absolute atomic E-state index is 0.0564. The highest BCUT2D eigenvalue weighted by atomic mass is 32.2. The van der Waals surface area contributed by atoms with Gasteiger partial charge in [0, 0.05) is 17.6 Å². The summed E-state index contributed by atoms with van der Waals surface area (Å²) in [4.78, 5) is 16.6. The molecule has 0 aliphatic carbocycles. The Labute approximate surface area is 158 Å². The Morgan fingerprint density at radius 1 is 1.04 bits per heavy atom. The summed E-state index contributed by atoms with van der Waals surface area (Å²) in [6.45, 7) is 1.97. The third-order valence-corrected chi connectivity index (χ3v) is 4.87. The van der Waals surface area contributed by atoms with Crippen molar-refractivity contribution in [3.63, 3.8) is 0 Å². The molecule has 2 amide bonds. The van der Waals surface area contributed by atoms with Crippen LogP contribution in [0.15, 0.2) is 84.0 Å². The Morgan fingerprint density at radius 3 is 2.62 bits per heavy atom. The molecule has 5 heteroatoms. The minimum atomic E-state index is -0.212. The number of benzene rings is 2. The van der Waals surface area contributed by atoms with E-state index < -0.39 is 0 Å². The van der Waals surface area contributed by atoms with E-state index in [0.29, 0.717) is 0 Å². The van der Waals surface area contributed by atoms with E-state index >= 15 is 0 Å². The Bertz CT molecular complexity index is 840. The van der Waals surface area contributed by atoms with Crippen LogP contribution in [-0.2, 0) is 5.75 Å². The first kappa shape index (κ1) is 18.0. The first-order valence-electron chi connectivity index (χ1n) is 8.46. The number of nitrogens with zero attached hydrogens (tertiary/aromatic N) is 1. The molecule has 1 unspecified atom stereocenters. The van der Waals surface area contributed by atoms with E-state index in [1.807, 2.05) is 79.7 Å². The lowest BCUT2D eigenvalue weighted by Crippen LogP contribution is -2.31. The van der Waals surface area contributed by atoms with Crippen LogP contribution < -0.4 is 10.6 Å². The number of carbonyl (C=O) groups excluding carboxylic acids is 1. The van der Waals surface area contributed by atoms with Crippen LogP contribution in [0.3, 0.4) is 0 Å². The van der Waals surface area contributed by atoms with Crippen LogP contribution in [0.2, 0.25) is 0 Å². The highest BCUT2D eigenvalue weighted by Gasteiger charge is 2.09. The zero-order valence-corrected chi connectivity index (χ0v) is 15.4. The summed E-state index contributed by atoms with van der Waals surface area (Å²) < 4.78 is 0. The number of amides is 2. The summed E-state index contributed by atoms with van der Waals surface area (Å²) in [6, 6.07) is 23.4. The molecule has 0 saturated heterocycles. The largest absolute Gasteiger partial charge is 0.331 e. The lowest BCUT2D eigenvalue weighted by molar-refractivity contribution is 0.249. The van der Waals surface area contributed by atoms with Gasteiger partial charge in [-0.3, -0.25) is 0 Å². The van der Waals surface area contributed by atoms with Crippen LogP contribution in [0.1, 0.15) is 24.1 Å². The fraction of sp³-hybridized carbons (Fsp3) is 0.143. The van der Waals surface area contributed by atoms with Gasteiger partial charge in [-0.1, -0.05) is 48.5 Å². The smallest absolute Gasteiger partial charge is 0.319 e. The molecule has 2 N–H and O–H groups in total. The van der Waals surface area contributed by atoms with Gasteiger partial charge in [0.15, 0.2) is 0 Å². The van der Waals surface area contributed by atoms with Crippen LogP contribution >= 0.6 is 11.8 Å². The van der Waals surface area contributed by atoms with Crippen molar-refractivity contribution >= 4 is 23.5 Å². The monoisotopic (exact) mass is 363 g/mol. The van der Waals surface area contributed by atoms with Crippen LogP contribution in [0.4, 0.5) is 10.5 Å². The summed E-state index contributed by atoms with van der Waals surface area (Å²) >= 11 is 1.67. The molecule has 0 spiro atoms. The molecule has 1 aromatic heterocycles. The number of anilines is 1. The summed E-state index contributed by atoms with van der Waals surface area (Å²) in [7, 11) is 0. The fourth-order valence-electron chi connectivity index (χ4n) is 2.52. The van der Waals surface area contributed by atoms with Gasteiger partial charge in [-0.15, -0.1) is 11.8 Å². The van der Waals surface area contributed by atoms with Gasteiger partial charge in [-0.2, -0.15) is 0 Å². The molecule has 1 atom stereocenters.